The van der Waals surface area contributed by atoms with Gasteiger partial charge in [-0.1, -0.05) is 12.1 Å². The summed E-state index contributed by atoms with van der Waals surface area (Å²) >= 11 is 0. The highest BCUT2D eigenvalue weighted by Crippen LogP contribution is 2.31. The maximum Gasteiger partial charge on any atom is 0.313 e. The lowest BCUT2D eigenvalue weighted by atomic mass is 10.1. The molecule has 0 spiro atoms. The summed E-state index contributed by atoms with van der Waals surface area (Å²) in [5.41, 5.74) is 0.949. The molecule has 106 valence electrons. The second kappa shape index (κ2) is 6.01. The predicted molar refractivity (Wildman–Crippen MR) is 73.3 cm³/mol. The lowest BCUT2D eigenvalue weighted by Gasteiger charge is -2.09. The summed E-state index contributed by atoms with van der Waals surface area (Å²) in [4.78, 5) is 10.5. The van der Waals surface area contributed by atoms with Crippen LogP contribution in [0, 0.1) is 34.2 Å². The molecule has 2 aromatic carbocycles. The lowest BCUT2D eigenvalue weighted by Crippen LogP contribution is -2.02. The van der Waals surface area contributed by atoms with Crippen LogP contribution in [-0.4, -0.2) is 4.92 Å². The molecule has 0 aliphatic rings. The maximum absolute atomic E-state index is 13.2. The summed E-state index contributed by atoms with van der Waals surface area (Å²) in [7, 11) is 0. The average molecular weight is 286 g/mol. The number of nitro benzene ring substituents is 1. The topological polar surface area (TPSA) is 76.2 Å². The van der Waals surface area contributed by atoms with Crippen LogP contribution in [0.3, 0.4) is 0 Å². The van der Waals surface area contributed by atoms with Crippen LogP contribution in [0.2, 0.25) is 0 Å². The third-order valence-corrected chi connectivity index (χ3v) is 2.95. The number of aryl methyl sites for hydroxylation is 1. The van der Waals surface area contributed by atoms with Crippen molar-refractivity contribution in [1.82, 2.24) is 0 Å². The molecular formula is C15H11FN2O3. The van der Waals surface area contributed by atoms with Crippen molar-refractivity contribution in [3.05, 3.63) is 69.0 Å². The summed E-state index contributed by atoms with van der Waals surface area (Å²) in [6, 6.07) is 10.3. The van der Waals surface area contributed by atoms with Gasteiger partial charge in [-0.3, -0.25) is 10.1 Å². The van der Waals surface area contributed by atoms with Gasteiger partial charge in [-0.2, -0.15) is 5.26 Å². The highest BCUT2D eigenvalue weighted by atomic mass is 19.1. The van der Waals surface area contributed by atoms with E-state index >= 15 is 0 Å². The molecule has 2 rings (SSSR count). The Balaban J connectivity index is 2.29. The summed E-state index contributed by atoms with van der Waals surface area (Å²) < 4.78 is 18.6. The van der Waals surface area contributed by atoms with Crippen molar-refractivity contribution in [2.24, 2.45) is 0 Å². The molecule has 0 aromatic heterocycles. The Kier molecular flexibility index (Phi) is 4.14. The smallest absolute Gasteiger partial charge is 0.313 e. The summed E-state index contributed by atoms with van der Waals surface area (Å²) in [6.07, 6.45) is 0. The van der Waals surface area contributed by atoms with E-state index in [2.05, 4.69) is 0 Å². The number of nitriles is 1. The lowest BCUT2D eigenvalue weighted by molar-refractivity contribution is -0.386. The van der Waals surface area contributed by atoms with E-state index in [0.29, 0.717) is 11.1 Å². The molecule has 0 saturated heterocycles. The van der Waals surface area contributed by atoms with Gasteiger partial charge >= 0.3 is 5.69 Å². The summed E-state index contributed by atoms with van der Waals surface area (Å²) in [5, 5.41) is 20.0. The number of benzene rings is 2. The van der Waals surface area contributed by atoms with Crippen molar-refractivity contribution in [2.75, 3.05) is 0 Å². The van der Waals surface area contributed by atoms with Crippen molar-refractivity contribution in [3.8, 4) is 11.8 Å². The van der Waals surface area contributed by atoms with Crippen LogP contribution in [0.25, 0.3) is 0 Å². The van der Waals surface area contributed by atoms with Gasteiger partial charge in [-0.15, -0.1) is 0 Å². The molecule has 0 fully saturated rings. The van der Waals surface area contributed by atoms with Gasteiger partial charge in [0.15, 0.2) is 5.75 Å². The Bertz CT molecular complexity index is 738. The largest absolute Gasteiger partial charge is 0.482 e. The van der Waals surface area contributed by atoms with Crippen molar-refractivity contribution < 1.29 is 14.1 Å². The standard InChI is InChI=1S/C15H11FN2O3/c1-10-3-2-4-14(15(10)18(19)20)21-9-12-7-13(16)6-5-11(12)8-17/h2-7H,9H2,1H3. The Morgan fingerprint density at radius 1 is 1.38 bits per heavy atom. The Morgan fingerprint density at radius 2 is 2.14 bits per heavy atom. The Hall–Kier alpha value is -2.94. The van der Waals surface area contributed by atoms with Gasteiger partial charge in [0, 0.05) is 11.1 Å². The van der Waals surface area contributed by atoms with Crippen LogP contribution in [0.15, 0.2) is 36.4 Å². The van der Waals surface area contributed by atoms with Crippen LogP contribution < -0.4 is 4.74 Å². The number of halogens is 1. The van der Waals surface area contributed by atoms with Gasteiger partial charge in [0.2, 0.25) is 0 Å². The average Bonchev–Trinajstić information content (AvgIpc) is 2.44. The number of hydrogen-bond acceptors (Lipinski definition) is 4. The van der Waals surface area contributed by atoms with E-state index in [1.165, 1.54) is 24.3 Å². The molecule has 0 radical (unpaired) electrons. The first kappa shape index (κ1) is 14.5. The third-order valence-electron chi connectivity index (χ3n) is 2.95. The fraction of sp³-hybridized carbons (Fsp3) is 0.133. The maximum atomic E-state index is 13.2. The zero-order chi connectivity index (χ0) is 15.4. The van der Waals surface area contributed by atoms with Gasteiger partial charge in [-0.05, 0) is 31.2 Å². The van der Waals surface area contributed by atoms with Gasteiger partial charge < -0.3 is 4.74 Å². The first-order valence-electron chi connectivity index (χ1n) is 6.08. The van der Waals surface area contributed by atoms with E-state index in [9.17, 15) is 14.5 Å². The summed E-state index contributed by atoms with van der Waals surface area (Å²) in [6.45, 7) is 1.48. The molecule has 0 N–H and O–H groups in total. The zero-order valence-corrected chi connectivity index (χ0v) is 11.2. The third kappa shape index (κ3) is 3.15. The number of rotatable bonds is 4. The van der Waals surface area contributed by atoms with E-state index in [1.54, 1.807) is 19.1 Å². The number of para-hydroxylation sites is 1. The Labute approximate surface area is 120 Å². The molecule has 6 heteroatoms. The van der Waals surface area contributed by atoms with Crippen molar-refractivity contribution >= 4 is 5.69 Å². The minimum atomic E-state index is -0.526. The molecule has 0 amide bonds. The number of nitrogens with zero attached hydrogens (tertiary/aromatic N) is 2. The van der Waals surface area contributed by atoms with Crippen molar-refractivity contribution in [3.63, 3.8) is 0 Å². The highest BCUT2D eigenvalue weighted by Gasteiger charge is 2.18. The number of hydrogen-bond donors (Lipinski definition) is 0. The number of ether oxygens (including phenoxy) is 1. The molecule has 5 nitrogen and oxygen atoms in total. The van der Waals surface area contributed by atoms with Crippen LogP contribution in [-0.2, 0) is 6.61 Å². The molecule has 0 aliphatic heterocycles. The van der Waals surface area contributed by atoms with E-state index in [4.69, 9.17) is 10.00 Å². The molecule has 0 atom stereocenters. The minimum Gasteiger partial charge on any atom is -0.482 e. The van der Waals surface area contributed by atoms with Crippen LogP contribution in [0.4, 0.5) is 10.1 Å². The first-order valence-corrected chi connectivity index (χ1v) is 6.08. The second-order valence-electron chi connectivity index (χ2n) is 4.38. The van der Waals surface area contributed by atoms with Crippen LogP contribution in [0.1, 0.15) is 16.7 Å². The molecule has 0 heterocycles. The van der Waals surface area contributed by atoms with E-state index < -0.39 is 10.7 Å². The normalized spacial score (nSPS) is 9.95. The fourth-order valence-electron chi connectivity index (χ4n) is 1.93. The van der Waals surface area contributed by atoms with Crippen molar-refractivity contribution in [2.45, 2.75) is 13.5 Å². The SMILES string of the molecule is Cc1cccc(OCc2cc(F)ccc2C#N)c1[N+](=O)[O-]. The molecule has 0 saturated carbocycles. The molecule has 0 aliphatic carbocycles. The molecule has 0 bridgehead atoms. The first-order chi connectivity index (χ1) is 10.0. The van der Waals surface area contributed by atoms with Crippen LogP contribution >= 0.6 is 0 Å². The summed E-state index contributed by atoms with van der Waals surface area (Å²) in [5.74, 6) is -0.403. The van der Waals surface area contributed by atoms with Crippen LogP contribution in [0.5, 0.6) is 5.75 Å². The second-order valence-corrected chi connectivity index (χ2v) is 4.38. The van der Waals surface area contributed by atoms with Crippen molar-refractivity contribution in [1.29, 1.82) is 5.26 Å². The van der Waals surface area contributed by atoms with E-state index in [1.807, 2.05) is 6.07 Å². The minimum absolute atomic E-state index is 0.0909. The van der Waals surface area contributed by atoms with Gasteiger partial charge in [-0.25, -0.2) is 4.39 Å². The molecular weight excluding hydrogens is 275 g/mol. The number of nitro groups is 1. The van der Waals surface area contributed by atoms with E-state index in [0.717, 1.165) is 0 Å². The van der Waals surface area contributed by atoms with Gasteiger partial charge in [0.1, 0.15) is 12.4 Å². The van der Waals surface area contributed by atoms with E-state index in [-0.39, 0.29) is 23.6 Å². The highest BCUT2D eigenvalue weighted by molar-refractivity contribution is 5.52. The zero-order valence-electron chi connectivity index (χ0n) is 11.2. The Morgan fingerprint density at radius 3 is 2.81 bits per heavy atom. The predicted octanol–water partition coefficient (Wildman–Crippen LogP) is 3.49. The molecule has 2 aromatic rings. The van der Waals surface area contributed by atoms with Gasteiger partial charge in [0.25, 0.3) is 0 Å². The fourth-order valence-corrected chi connectivity index (χ4v) is 1.93. The quantitative estimate of drug-likeness (QED) is 0.636. The van der Waals surface area contributed by atoms with Gasteiger partial charge in [0.05, 0.1) is 16.6 Å². The molecule has 0 unspecified atom stereocenters. The monoisotopic (exact) mass is 286 g/mol. The molecule has 21 heavy (non-hydrogen) atoms.